The summed E-state index contributed by atoms with van der Waals surface area (Å²) >= 11 is 0. The molecule has 0 radical (unpaired) electrons. The Hall–Kier alpha value is -1.95. The molecular weight excluding hydrogens is 222 g/mol. The lowest BCUT2D eigenvalue weighted by Crippen LogP contribution is -2.29. The molecule has 1 amide bonds. The molecule has 6 nitrogen and oxygen atoms in total. The first-order valence-electron chi connectivity index (χ1n) is 5.27. The summed E-state index contributed by atoms with van der Waals surface area (Å²) in [7, 11) is 0. The Kier molecular flexibility index (Phi) is 5.09. The van der Waals surface area contributed by atoms with Gasteiger partial charge in [-0.3, -0.25) is 14.6 Å². The van der Waals surface area contributed by atoms with Crippen LogP contribution in [0, 0.1) is 0 Å². The van der Waals surface area contributed by atoms with E-state index in [1.807, 2.05) is 0 Å². The minimum absolute atomic E-state index is 0.269. The predicted octanol–water partition coefficient (Wildman–Crippen LogP) is 0.00350. The maximum Gasteiger partial charge on any atom is 0.320 e. The van der Waals surface area contributed by atoms with Crippen molar-refractivity contribution in [2.45, 2.75) is 18.9 Å². The van der Waals surface area contributed by atoms with E-state index in [0.717, 1.165) is 19.4 Å². The number of nitrogens with one attached hydrogen (secondary N) is 1. The predicted molar refractivity (Wildman–Crippen MR) is 61.4 cm³/mol. The van der Waals surface area contributed by atoms with Crippen LogP contribution in [-0.2, 0) is 4.79 Å². The Morgan fingerprint density at radius 1 is 1.53 bits per heavy atom. The number of pyridine rings is 1. The van der Waals surface area contributed by atoms with E-state index in [-0.39, 0.29) is 6.04 Å². The highest BCUT2D eigenvalue weighted by Gasteiger charge is 2.20. The molecule has 1 aromatic rings. The van der Waals surface area contributed by atoms with Crippen LogP contribution in [0.5, 0.6) is 0 Å². The lowest BCUT2D eigenvalue weighted by Gasteiger charge is -1.99. The number of nitrogens with zero attached hydrogens (tertiary/aromatic N) is 1. The van der Waals surface area contributed by atoms with Gasteiger partial charge in [0.2, 0.25) is 5.91 Å². The fraction of sp³-hybridized carbons (Fsp3) is 0.364. The van der Waals surface area contributed by atoms with Crippen molar-refractivity contribution in [2.24, 2.45) is 5.73 Å². The quantitative estimate of drug-likeness (QED) is 0.671. The highest BCUT2D eigenvalue weighted by molar-refractivity contribution is 5.92. The molecule has 2 rings (SSSR count). The monoisotopic (exact) mass is 237 g/mol. The number of nitrogens with two attached hydrogens (primary N) is 1. The molecule has 17 heavy (non-hydrogen) atoms. The molecule has 0 aliphatic carbocycles. The zero-order valence-corrected chi connectivity index (χ0v) is 9.30. The molecule has 92 valence electrons. The van der Waals surface area contributed by atoms with Crippen LogP contribution in [-0.4, -0.2) is 34.6 Å². The van der Waals surface area contributed by atoms with Crippen molar-refractivity contribution in [3.8, 4) is 0 Å². The smallest absolute Gasteiger partial charge is 0.320 e. The maximum atomic E-state index is 10.4. The largest absolute Gasteiger partial charge is 0.480 e. The Morgan fingerprint density at radius 2 is 2.29 bits per heavy atom. The third kappa shape index (κ3) is 4.60. The number of carbonyl (C=O) groups is 2. The highest BCUT2D eigenvalue weighted by atomic mass is 16.4. The molecule has 0 spiro atoms. The molecule has 0 bridgehead atoms. The van der Waals surface area contributed by atoms with Crippen LogP contribution in [0.1, 0.15) is 23.2 Å². The summed E-state index contributed by atoms with van der Waals surface area (Å²) in [6.45, 7) is 0.858. The van der Waals surface area contributed by atoms with E-state index in [1.165, 1.54) is 6.20 Å². The summed E-state index contributed by atoms with van der Waals surface area (Å²) < 4.78 is 0. The van der Waals surface area contributed by atoms with Crippen molar-refractivity contribution in [2.75, 3.05) is 6.54 Å². The van der Waals surface area contributed by atoms with Crippen molar-refractivity contribution < 1.29 is 14.7 Å². The zero-order chi connectivity index (χ0) is 12.7. The van der Waals surface area contributed by atoms with Crippen LogP contribution in [0.25, 0.3) is 0 Å². The maximum absolute atomic E-state index is 10.4. The van der Waals surface area contributed by atoms with E-state index in [0.29, 0.717) is 5.56 Å². The molecule has 0 unspecified atom stereocenters. The Bertz CT molecular complexity index is 375. The summed E-state index contributed by atoms with van der Waals surface area (Å²) in [6, 6.07) is 3.02. The molecule has 1 atom stereocenters. The van der Waals surface area contributed by atoms with Gasteiger partial charge in [0.05, 0.1) is 5.56 Å². The van der Waals surface area contributed by atoms with Crippen LogP contribution in [0.2, 0.25) is 0 Å². The number of carboxylic acids is 1. The van der Waals surface area contributed by atoms with Crippen LogP contribution >= 0.6 is 0 Å². The molecule has 0 saturated carbocycles. The minimum atomic E-state index is -0.720. The summed E-state index contributed by atoms with van der Waals surface area (Å²) in [5, 5.41) is 11.2. The van der Waals surface area contributed by atoms with Crippen molar-refractivity contribution in [3.05, 3.63) is 30.1 Å². The SMILES string of the molecule is NC(=O)c1cccnc1.O=C(O)[C@@H]1CCCN1. The van der Waals surface area contributed by atoms with E-state index < -0.39 is 11.9 Å². The normalized spacial score (nSPS) is 18.0. The van der Waals surface area contributed by atoms with Crippen LogP contribution in [0.15, 0.2) is 24.5 Å². The van der Waals surface area contributed by atoms with Gasteiger partial charge in [0, 0.05) is 12.4 Å². The number of carbonyl (C=O) groups excluding carboxylic acids is 1. The number of rotatable bonds is 2. The number of hydrogen-bond acceptors (Lipinski definition) is 4. The number of amides is 1. The Labute approximate surface area is 98.8 Å². The van der Waals surface area contributed by atoms with Gasteiger partial charge in [0.1, 0.15) is 6.04 Å². The molecular formula is C11H15N3O3. The van der Waals surface area contributed by atoms with Gasteiger partial charge in [-0.25, -0.2) is 0 Å². The molecule has 1 aliphatic heterocycles. The second-order valence-electron chi connectivity index (χ2n) is 3.59. The number of aromatic nitrogens is 1. The topological polar surface area (TPSA) is 105 Å². The number of primary amides is 1. The molecule has 1 aliphatic rings. The molecule has 6 heteroatoms. The van der Waals surface area contributed by atoms with E-state index >= 15 is 0 Å². The van der Waals surface area contributed by atoms with Crippen molar-refractivity contribution >= 4 is 11.9 Å². The first kappa shape index (κ1) is 13.1. The highest BCUT2D eigenvalue weighted by Crippen LogP contribution is 2.03. The number of hydrogen-bond donors (Lipinski definition) is 3. The average Bonchev–Trinajstić information content (AvgIpc) is 2.84. The summed E-state index contributed by atoms with van der Waals surface area (Å²) in [6.07, 6.45) is 4.81. The Morgan fingerprint density at radius 3 is 2.59 bits per heavy atom. The van der Waals surface area contributed by atoms with Gasteiger partial charge in [0.15, 0.2) is 0 Å². The minimum Gasteiger partial charge on any atom is -0.480 e. The molecule has 1 fully saturated rings. The van der Waals surface area contributed by atoms with Crippen molar-refractivity contribution in [1.82, 2.24) is 10.3 Å². The van der Waals surface area contributed by atoms with E-state index in [1.54, 1.807) is 18.3 Å². The van der Waals surface area contributed by atoms with E-state index in [9.17, 15) is 9.59 Å². The van der Waals surface area contributed by atoms with Crippen LogP contribution in [0.3, 0.4) is 0 Å². The third-order valence-electron chi connectivity index (χ3n) is 2.30. The van der Waals surface area contributed by atoms with Crippen LogP contribution in [0.4, 0.5) is 0 Å². The molecule has 1 saturated heterocycles. The fourth-order valence-corrected chi connectivity index (χ4v) is 1.40. The second-order valence-corrected chi connectivity index (χ2v) is 3.59. The molecule has 4 N–H and O–H groups in total. The first-order chi connectivity index (χ1) is 8.11. The van der Waals surface area contributed by atoms with Crippen LogP contribution < -0.4 is 11.1 Å². The second kappa shape index (κ2) is 6.59. The third-order valence-corrected chi connectivity index (χ3v) is 2.30. The van der Waals surface area contributed by atoms with Gasteiger partial charge in [-0.1, -0.05) is 0 Å². The van der Waals surface area contributed by atoms with Crippen molar-refractivity contribution in [1.29, 1.82) is 0 Å². The molecule has 1 aromatic heterocycles. The average molecular weight is 237 g/mol. The van der Waals surface area contributed by atoms with Crippen molar-refractivity contribution in [3.63, 3.8) is 0 Å². The lowest BCUT2D eigenvalue weighted by molar-refractivity contribution is -0.139. The lowest BCUT2D eigenvalue weighted by atomic mass is 10.2. The van der Waals surface area contributed by atoms with Gasteiger partial charge in [-0.15, -0.1) is 0 Å². The number of aliphatic carboxylic acids is 1. The van der Waals surface area contributed by atoms with Gasteiger partial charge < -0.3 is 16.2 Å². The first-order valence-corrected chi connectivity index (χ1v) is 5.27. The van der Waals surface area contributed by atoms with Gasteiger partial charge in [-0.05, 0) is 31.5 Å². The van der Waals surface area contributed by atoms with Gasteiger partial charge >= 0.3 is 5.97 Å². The zero-order valence-electron chi connectivity index (χ0n) is 9.30. The fourth-order valence-electron chi connectivity index (χ4n) is 1.40. The summed E-state index contributed by atoms with van der Waals surface area (Å²) in [5.74, 6) is -1.16. The molecule has 2 heterocycles. The van der Waals surface area contributed by atoms with Gasteiger partial charge in [-0.2, -0.15) is 0 Å². The van der Waals surface area contributed by atoms with Gasteiger partial charge in [0.25, 0.3) is 0 Å². The molecule has 0 aromatic carbocycles. The van der Waals surface area contributed by atoms with E-state index in [4.69, 9.17) is 10.8 Å². The summed E-state index contributed by atoms with van der Waals surface area (Å²) in [5.41, 5.74) is 5.38. The standard InChI is InChI=1S/C6H6N2O.C5H9NO2/c7-6(9)5-2-1-3-8-4-5;7-5(8)4-2-1-3-6-4/h1-4H,(H2,7,9);4,6H,1-3H2,(H,7,8)/t;4-/m.0/s1. The summed E-state index contributed by atoms with van der Waals surface area (Å²) in [4.78, 5) is 24.2. The number of carboxylic acid groups (broad SMARTS) is 1. The Balaban J connectivity index is 0.000000171. The van der Waals surface area contributed by atoms with E-state index in [2.05, 4.69) is 10.3 Å².